The SMILES string of the molecule is CC(C)(C)OC(=O)N1CCc2c(C(=O)N3CCC(c4ccc(F)cc4C(F)(F)F)CC3)n[nH]c2C1. The Morgan fingerprint density at radius 3 is 2.40 bits per heavy atom. The Kier molecular flexibility index (Phi) is 6.54. The van der Waals surface area contributed by atoms with Crippen molar-refractivity contribution in [2.45, 2.75) is 64.3 Å². The number of hydrogen-bond acceptors (Lipinski definition) is 4. The summed E-state index contributed by atoms with van der Waals surface area (Å²) < 4.78 is 59.1. The highest BCUT2D eigenvalue weighted by Gasteiger charge is 2.38. The molecule has 3 heterocycles. The molecular weight excluding hydrogens is 468 g/mol. The molecule has 0 radical (unpaired) electrons. The second-order valence-electron chi connectivity index (χ2n) is 9.98. The number of ether oxygens (including phenoxy) is 1. The lowest BCUT2D eigenvalue weighted by Crippen LogP contribution is -2.41. The zero-order valence-electron chi connectivity index (χ0n) is 19.8. The number of nitrogens with zero attached hydrogens (tertiary/aromatic N) is 3. The molecule has 4 rings (SSSR count). The molecule has 190 valence electrons. The van der Waals surface area contributed by atoms with Crippen molar-refractivity contribution in [3.63, 3.8) is 0 Å². The van der Waals surface area contributed by atoms with Gasteiger partial charge in [0.1, 0.15) is 11.4 Å². The molecule has 1 N–H and O–H groups in total. The number of aromatic amines is 1. The van der Waals surface area contributed by atoms with Crippen LogP contribution < -0.4 is 0 Å². The van der Waals surface area contributed by atoms with Crippen LogP contribution in [0.25, 0.3) is 0 Å². The van der Waals surface area contributed by atoms with Gasteiger partial charge in [0.05, 0.1) is 17.8 Å². The van der Waals surface area contributed by atoms with Crippen LogP contribution in [0, 0.1) is 5.82 Å². The number of carbonyl (C=O) groups excluding carboxylic acids is 2. The molecule has 0 saturated carbocycles. The summed E-state index contributed by atoms with van der Waals surface area (Å²) in [7, 11) is 0. The molecule has 11 heteroatoms. The Morgan fingerprint density at radius 1 is 1.09 bits per heavy atom. The molecule has 0 unspecified atom stereocenters. The average molecular weight is 497 g/mol. The van der Waals surface area contributed by atoms with Crippen LogP contribution in [0.4, 0.5) is 22.4 Å². The summed E-state index contributed by atoms with van der Waals surface area (Å²) in [6.07, 6.45) is -3.98. The Morgan fingerprint density at radius 2 is 1.77 bits per heavy atom. The molecule has 0 spiro atoms. The highest BCUT2D eigenvalue weighted by atomic mass is 19.4. The number of hydrogen-bond donors (Lipinski definition) is 1. The van der Waals surface area contributed by atoms with Gasteiger partial charge in [-0.15, -0.1) is 0 Å². The largest absolute Gasteiger partial charge is 0.444 e. The van der Waals surface area contributed by atoms with Gasteiger partial charge in [0, 0.05) is 25.2 Å². The van der Waals surface area contributed by atoms with Crippen molar-refractivity contribution >= 4 is 12.0 Å². The van der Waals surface area contributed by atoms with E-state index in [0.29, 0.717) is 37.6 Å². The lowest BCUT2D eigenvalue weighted by molar-refractivity contribution is -0.138. The second-order valence-corrected chi connectivity index (χ2v) is 9.98. The average Bonchev–Trinajstić information content (AvgIpc) is 3.20. The van der Waals surface area contributed by atoms with Crippen LogP contribution in [-0.2, 0) is 23.9 Å². The van der Waals surface area contributed by atoms with E-state index in [2.05, 4.69) is 10.2 Å². The summed E-state index contributed by atoms with van der Waals surface area (Å²) in [5.74, 6) is -1.64. The third-order valence-electron chi connectivity index (χ3n) is 6.33. The molecule has 1 aromatic heterocycles. The molecule has 0 bridgehead atoms. The van der Waals surface area contributed by atoms with Crippen LogP contribution in [-0.4, -0.2) is 57.2 Å². The molecule has 2 aliphatic rings. The van der Waals surface area contributed by atoms with Crippen molar-refractivity contribution in [3.05, 3.63) is 52.1 Å². The topological polar surface area (TPSA) is 78.5 Å². The molecule has 7 nitrogen and oxygen atoms in total. The summed E-state index contributed by atoms with van der Waals surface area (Å²) in [6.45, 7) is 6.53. The number of carbonyl (C=O) groups is 2. The van der Waals surface area contributed by atoms with Crippen molar-refractivity contribution in [1.82, 2.24) is 20.0 Å². The van der Waals surface area contributed by atoms with Gasteiger partial charge in [-0.05, 0) is 63.6 Å². The van der Waals surface area contributed by atoms with E-state index >= 15 is 0 Å². The maximum Gasteiger partial charge on any atom is 0.416 e. The van der Waals surface area contributed by atoms with Gasteiger partial charge in [-0.25, -0.2) is 9.18 Å². The summed E-state index contributed by atoms with van der Waals surface area (Å²) in [5.41, 5.74) is 0.174. The van der Waals surface area contributed by atoms with E-state index in [0.717, 1.165) is 11.6 Å². The zero-order valence-corrected chi connectivity index (χ0v) is 19.8. The Labute approximate surface area is 200 Å². The van der Waals surface area contributed by atoms with Crippen molar-refractivity contribution in [2.75, 3.05) is 19.6 Å². The predicted octanol–water partition coefficient (Wildman–Crippen LogP) is 4.88. The standard InChI is InChI=1S/C24H28F4N4O3/c1-23(2,3)35-22(34)32-11-8-17-19(13-32)29-30-20(17)21(33)31-9-6-14(7-10-31)16-5-4-15(25)12-18(16)24(26,27)28/h4-5,12,14H,6-11,13H2,1-3H3,(H,29,30). The van der Waals surface area contributed by atoms with Gasteiger partial charge >= 0.3 is 12.3 Å². The minimum atomic E-state index is -4.65. The fourth-order valence-electron chi connectivity index (χ4n) is 4.65. The van der Waals surface area contributed by atoms with Crippen molar-refractivity contribution in [1.29, 1.82) is 0 Å². The van der Waals surface area contributed by atoms with E-state index in [9.17, 15) is 27.2 Å². The third kappa shape index (κ3) is 5.43. The zero-order chi connectivity index (χ0) is 25.5. The lowest BCUT2D eigenvalue weighted by Gasteiger charge is -2.33. The Balaban J connectivity index is 1.42. The van der Waals surface area contributed by atoms with E-state index in [-0.39, 0.29) is 36.8 Å². The lowest BCUT2D eigenvalue weighted by atomic mass is 9.86. The Hall–Kier alpha value is -3.11. The number of alkyl halides is 3. The van der Waals surface area contributed by atoms with Crippen LogP contribution in [0.1, 0.15) is 72.4 Å². The van der Waals surface area contributed by atoms with Gasteiger partial charge in [0.15, 0.2) is 5.69 Å². The normalized spacial score (nSPS) is 17.3. The molecule has 2 amide bonds. The summed E-state index contributed by atoms with van der Waals surface area (Å²) in [4.78, 5) is 28.7. The number of H-pyrrole nitrogens is 1. The number of nitrogens with one attached hydrogen (secondary N) is 1. The Bertz CT molecular complexity index is 1110. The summed E-state index contributed by atoms with van der Waals surface area (Å²) in [6, 6.07) is 2.77. The van der Waals surface area contributed by atoms with Gasteiger partial charge in [-0.1, -0.05) is 6.07 Å². The monoisotopic (exact) mass is 496 g/mol. The van der Waals surface area contributed by atoms with Gasteiger partial charge in [-0.3, -0.25) is 9.89 Å². The van der Waals surface area contributed by atoms with Crippen molar-refractivity contribution < 1.29 is 31.9 Å². The number of likely N-dealkylation sites (tertiary alicyclic amines) is 1. The number of fused-ring (bicyclic) bond motifs is 1. The number of aromatic nitrogens is 2. The first kappa shape index (κ1) is 25.0. The van der Waals surface area contributed by atoms with E-state index in [4.69, 9.17) is 4.74 Å². The molecule has 0 aliphatic carbocycles. The van der Waals surface area contributed by atoms with Crippen LogP contribution >= 0.6 is 0 Å². The van der Waals surface area contributed by atoms with Crippen LogP contribution in [0.5, 0.6) is 0 Å². The predicted molar refractivity (Wildman–Crippen MR) is 118 cm³/mol. The number of piperidine rings is 1. The number of halogens is 4. The highest BCUT2D eigenvalue weighted by Crippen LogP contribution is 2.39. The van der Waals surface area contributed by atoms with E-state index in [1.54, 1.807) is 30.6 Å². The fourth-order valence-corrected chi connectivity index (χ4v) is 4.65. The van der Waals surface area contributed by atoms with Crippen LogP contribution in [0.3, 0.4) is 0 Å². The van der Waals surface area contributed by atoms with E-state index in [1.807, 2.05) is 0 Å². The number of amides is 2. The van der Waals surface area contributed by atoms with Crippen LogP contribution in [0.15, 0.2) is 18.2 Å². The molecule has 35 heavy (non-hydrogen) atoms. The smallest absolute Gasteiger partial charge is 0.416 e. The first-order valence-electron chi connectivity index (χ1n) is 11.5. The highest BCUT2D eigenvalue weighted by molar-refractivity contribution is 5.94. The van der Waals surface area contributed by atoms with Crippen LogP contribution in [0.2, 0.25) is 0 Å². The first-order chi connectivity index (χ1) is 16.3. The summed E-state index contributed by atoms with van der Waals surface area (Å²) in [5, 5.41) is 7.04. The van der Waals surface area contributed by atoms with E-state index in [1.165, 1.54) is 6.07 Å². The van der Waals surface area contributed by atoms with Gasteiger partial charge < -0.3 is 14.5 Å². The molecule has 1 fully saturated rings. The van der Waals surface area contributed by atoms with E-state index < -0.39 is 35.2 Å². The third-order valence-corrected chi connectivity index (χ3v) is 6.33. The van der Waals surface area contributed by atoms with Gasteiger partial charge in [-0.2, -0.15) is 18.3 Å². The second kappa shape index (κ2) is 9.16. The molecule has 2 aliphatic heterocycles. The molecule has 1 saturated heterocycles. The maximum atomic E-state index is 13.5. The minimum Gasteiger partial charge on any atom is -0.444 e. The fraction of sp³-hybridized carbons (Fsp3) is 0.542. The van der Waals surface area contributed by atoms with Gasteiger partial charge in [0.25, 0.3) is 5.91 Å². The number of rotatable bonds is 2. The minimum absolute atomic E-state index is 0.0605. The molecule has 1 aromatic carbocycles. The molecular formula is C24H28F4N4O3. The maximum absolute atomic E-state index is 13.5. The molecule has 2 aromatic rings. The first-order valence-corrected chi connectivity index (χ1v) is 11.5. The van der Waals surface area contributed by atoms with Crippen molar-refractivity contribution in [2.24, 2.45) is 0 Å². The number of benzene rings is 1. The van der Waals surface area contributed by atoms with Gasteiger partial charge in [0.2, 0.25) is 0 Å². The summed E-state index contributed by atoms with van der Waals surface area (Å²) >= 11 is 0. The molecule has 0 atom stereocenters. The van der Waals surface area contributed by atoms with Crippen molar-refractivity contribution in [3.8, 4) is 0 Å². The quantitative estimate of drug-likeness (QED) is 0.601.